The molecule has 1 aromatic carbocycles. The Kier molecular flexibility index (Phi) is 2.28. The molecule has 4 heteroatoms. The van der Waals surface area contributed by atoms with E-state index in [1.54, 1.807) is 6.20 Å². The summed E-state index contributed by atoms with van der Waals surface area (Å²) >= 11 is 4.78. The molecule has 0 unspecified atom stereocenters. The second-order valence-electron chi connectivity index (χ2n) is 2.87. The normalized spacial score (nSPS) is 10.0. The van der Waals surface area contributed by atoms with Gasteiger partial charge in [0, 0.05) is 11.6 Å². The lowest BCUT2D eigenvalue weighted by atomic mass is 10.2. The number of hydrogen-bond acceptors (Lipinski definition) is 2. The summed E-state index contributed by atoms with van der Waals surface area (Å²) in [5, 5.41) is 4.21. The number of benzene rings is 1. The summed E-state index contributed by atoms with van der Waals surface area (Å²) in [5.74, 6) is 0. The van der Waals surface area contributed by atoms with Crippen LogP contribution in [0.3, 0.4) is 0 Å². The molecule has 3 N–H and O–H groups in total. The number of rotatable bonds is 1. The molecule has 2 aromatic rings. The van der Waals surface area contributed by atoms with Crippen LogP contribution in [0.1, 0.15) is 0 Å². The molecule has 3 nitrogen and oxygen atoms in total. The summed E-state index contributed by atoms with van der Waals surface area (Å²) in [6.07, 6.45) is 1.74. The number of anilines is 1. The summed E-state index contributed by atoms with van der Waals surface area (Å²) in [6.45, 7) is 0. The minimum Gasteiger partial charge on any atom is -0.376 e. The number of pyridine rings is 1. The topological polar surface area (TPSA) is 50.9 Å². The van der Waals surface area contributed by atoms with Gasteiger partial charge >= 0.3 is 0 Å². The number of nitrogens with two attached hydrogens (primary N) is 1. The maximum atomic E-state index is 5.41. The molecule has 0 aliphatic carbocycles. The van der Waals surface area contributed by atoms with Gasteiger partial charge in [-0.15, -0.1) is 0 Å². The Morgan fingerprint density at radius 2 is 2.07 bits per heavy atom. The van der Waals surface area contributed by atoms with Crippen molar-refractivity contribution in [1.82, 2.24) is 4.98 Å². The molecule has 1 aromatic heterocycles. The van der Waals surface area contributed by atoms with Crippen molar-refractivity contribution in [2.45, 2.75) is 0 Å². The Hall–Kier alpha value is -1.68. The number of fused-ring (bicyclic) bond motifs is 1. The first-order valence-electron chi connectivity index (χ1n) is 4.17. The Balaban J connectivity index is 2.59. The van der Waals surface area contributed by atoms with Gasteiger partial charge in [0.2, 0.25) is 0 Å². The maximum Gasteiger partial charge on any atom is 0.168 e. The zero-order chi connectivity index (χ0) is 9.97. The first-order chi connectivity index (χ1) is 6.77. The van der Waals surface area contributed by atoms with Gasteiger partial charge in [-0.2, -0.15) is 0 Å². The lowest BCUT2D eigenvalue weighted by molar-refractivity contribution is 1.41. The van der Waals surface area contributed by atoms with Crippen LogP contribution >= 0.6 is 12.2 Å². The third kappa shape index (κ3) is 1.65. The highest BCUT2D eigenvalue weighted by Gasteiger charge is 2.00. The average molecular weight is 203 g/mol. The van der Waals surface area contributed by atoms with E-state index < -0.39 is 0 Å². The molecule has 0 amide bonds. The van der Waals surface area contributed by atoms with Crippen molar-refractivity contribution < 1.29 is 0 Å². The van der Waals surface area contributed by atoms with Crippen LogP contribution in [0.4, 0.5) is 5.69 Å². The third-order valence-electron chi connectivity index (χ3n) is 1.89. The van der Waals surface area contributed by atoms with Crippen LogP contribution in [0.2, 0.25) is 0 Å². The molecule has 0 radical (unpaired) electrons. The molecule has 0 bridgehead atoms. The third-order valence-corrected chi connectivity index (χ3v) is 1.99. The van der Waals surface area contributed by atoms with Crippen molar-refractivity contribution in [3.8, 4) is 0 Å². The minimum absolute atomic E-state index is 0.253. The molecular weight excluding hydrogens is 194 g/mol. The molecule has 0 aliphatic heterocycles. The van der Waals surface area contributed by atoms with E-state index in [2.05, 4.69) is 10.3 Å². The molecular formula is C10H9N3S. The lowest BCUT2D eigenvalue weighted by Gasteiger charge is -2.06. The zero-order valence-electron chi connectivity index (χ0n) is 7.40. The number of para-hydroxylation sites is 1. The van der Waals surface area contributed by atoms with Crippen LogP contribution in [0.15, 0.2) is 36.5 Å². The largest absolute Gasteiger partial charge is 0.376 e. The van der Waals surface area contributed by atoms with Crippen molar-refractivity contribution in [3.63, 3.8) is 0 Å². The van der Waals surface area contributed by atoms with E-state index in [9.17, 15) is 0 Å². The van der Waals surface area contributed by atoms with Gasteiger partial charge in [-0.25, -0.2) is 0 Å². The van der Waals surface area contributed by atoms with Crippen molar-refractivity contribution >= 4 is 33.9 Å². The van der Waals surface area contributed by atoms with E-state index in [1.807, 2.05) is 30.3 Å². The van der Waals surface area contributed by atoms with Crippen molar-refractivity contribution in [2.24, 2.45) is 5.73 Å². The number of nitrogens with zero attached hydrogens (tertiary/aromatic N) is 1. The van der Waals surface area contributed by atoms with E-state index in [0.717, 1.165) is 16.6 Å². The van der Waals surface area contributed by atoms with Gasteiger partial charge < -0.3 is 11.1 Å². The van der Waals surface area contributed by atoms with Gasteiger partial charge in [-0.1, -0.05) is 18.2 Å². The minimum atomic E-state index is 0.253. The van der Waals surface area contributed by atoms with Gasteiger partial charge in [-0.05, 0) is 24.4 Å². The highest BCUT2D eigenvalue weighted by atomic mass is 32.1. The van der Waals surface area contributed by atoms with Crippen LogP contribution in [0, 0.1) is 0 Å². The summed E-state index contributed by atoms with van der Waals surface area (Å²) in [4.78, 5) is 4.26. The highest BCUT2D eigenvalue weighted by Crippen LogP contribution is 2.19. The molecule has 0 fully saturated rings. The average Bonchev–Trinajstić information content (AvgIpc) is 2.18. The van der Waals surface area contributed by atoms with Gasteiger partial charge in [0.25, 0.3) is 0 Å². The first kappa shape index (κ1) is 8.90. The summed E-state index contributed by atoms with van der Waals surface area (Å²) in [7, 11) is 0. The Labute approximate surface area is 86.9 Å². The zero-order valence-corrected chi connectivity index (χ0v) is 8.21. The molecule has 0 atom stereocenters. The molecule has 0 saturated heterocycles. The molecule has 0 aliphatic rings. The lowest BCUT2D eigenvalue weighted by Crippen LogP contribution is -2.19. The fourth-order valence-corrected chi connectivity index (χ4v) is 1.45. The van der Waals surface area contributed by atoms with Crippen LogP contribution < -0.4 is 11.1 Å². The fourth-order valence-electron chi connectivity index (χ4n) is 1.34. The molecule has 14 heavy (non-hydrogen) atoms. The molecule has 0 spiro atoms. The second kappa shape index (κ2) is 3.59. The van der Waals surface area contributed by atoms with E-state index >= 15 is 0 Å². The predicted octanol–water partition coefficient (Wildman–Crippen LogP) is 1.89. The van der Waals surface area contributed by atoms with E-state index in [4.69, 9.17) is 18.0 Å². The van der Waals surface area contributed by atoms with Gasteiger partial charge in [0.05, 0.1) is 11.2 Å². The van der Waals surface area contributed by atoms with E-state index in [1.165, 1.54) is 0 Å². The second-order valence-corrected chi connectivity index (χ2v) is 3.31. The summed E-state index contributed by atoms with van der Waals surface area (Å²) in [6, 6.07) is 9.71. The standard InChI is InChI=1S/C10H9N3S/c11-10(14)13-8-5-1-3-7-4-2-6-12-9(7)8/h1-6H,(H3,11,13,14). The van der Waals surface area contributed by atoms with E-state index in [-0.39, 0.29) is 5.11 Å². The van der Waals surface area contributed by atoms with E-state index in [0.29, 0.717) is 0 Å². The Morgan fingerprint density at radius 1 is 1.29 bits per heavy atom. The van der Waals surface area contributed by atoms with Gasteiger partial charge in [0.15, 0.2) is 5.11 Å². The highest BCUT2D eigenvalue weighted by molar-refractivity contribution is 7.80. The smallest absolute Gasteiger partial charge is 0.168 e. The van der Waals surface area contributed by atoms with Crippen LogP contribution in [0.5, 0.6) is 0 Å². The Morgan fingerprint density at radius 3 is 2.86 bits per heavy atom. The van der Waals surface area contributed by atoms with Crippen molar-refractivity contribution in [3.05, 3.63) is 36.5 Å². The van der Waals surface area contributed by atoms with Crippen LogP contribution in [0.25, 0.3) is 10.9 Å². The predicted molar refractivity (Wildman–Crippen MR) is 62.2 cm³/mol. The van der Waals surface area contributed by atoms with Crippen LogP contribution in [-0.4, -0.2) is 10.1 Å². The molecule has 70 valence electrons. The molecule has 2 rings (SSSR count). The molecule has 0 saturated carbocycles. The Bertz CT molecular complexity index is 476. The maximum absolute atomic E-state index is 5.41. The quantitative estimate of drug-likeness (QED) is 0.695. The van der Waals surface area contributed by atoms with Gasteiger partial charge in [0.1, 0.15) is 0 Å². The fraction of sp³-hybridized carbons (Fsp3) is 0. The number of nitrogens with one attached hydrogen (secondary N) is 1. The summed E-state index contributed by atoms with van der Waals surface area (Å²) < 4.78 is 0. The molecule has 1 heterocycles. The SMILES string of the molecule is NC(=S)Nc1cccc2cccnc12. The number of aromatic nitrogens is 1. The van der Waals surface area contributed by atoms with Crippen molar-refractivity contribution in [2.75, 3.05) is 5.32 Å². The van der Waals surface area contributed by atoms with Crippen molar-refractivity contribution in [1.29, 1.82) is 0 Å². The summed E-state index contributed by atoms with van der Waals surface area (Å²) in [5.41, 5.74) is 7.13. The monoisotopic (exact) mass is 203 g/mol. The van der Waals surface area contributed by atoms with Crippen LogP contribution in [-0.2, 0) is 0 Å². The van der Waals surface area contributed by atoms with Gasteiger partial charge in [-0.3, -0.25) is 4.98 Å². The number of thiocarbonyl (C=S) groups is 1. The first-order valence-corrected chi connectivity index (χ1v) is 4.58. The number of hydrogen-bond donors (Lipinski definition) is 2.